The second-order valence-corrected chi connectivity index (χ2v) is 3.40. The van der Waals surface area contributed by atoms with Crippen molar-refractivity contribution in [2.45, 2.75) is 6.18 Å². The van der Waals surface area contributed by atoms with E-state index in [0.29, 0.717) is 6.20 Å². The maximum atomic E-state index is 12.5. The number of rotatable bonds is 3. The summed E-state index contributed by atoms with van der Waals surface area (Å²) in [6.07, 6.45) is -1.15. The topological polar surface area (TPSA) is 72.8 Å². The molecule has 0 aromatic carbocycles. The van der Waals surface area contributed by atoms with Gasteiger partial charge < -0.3 is 10.1 Å². The first-order valence-electron chi connectivity index (χ1n) is 5.02. The molecule has 0 aliphatic heterocycles. The van der Waals surface area contributed by atoms with Gasteiger partial charge in [0.2, 0.25) is 5.88 Å². The third kappa shape index (κ3) is 3.27. The Balaban J connectivity index is 2.23. The molecule has 0 fully saturated rings. The van der Waals surface area contributed by atoms with Crippen molar-refractivity contribution in [1.29, 1.82) is 0 Å². The first-order chi connectivity index (χ1) is 8.99. The lowest BCUT2D eigenvalue weighted by Crippen LogP contribution is -2.08. The zero-order valence-corrected chi connectivity index (χ0v) is 9.64. The first kappa shape index (κ1) is 13.0. The van der Waals surface area contributed by atoms with Gasteiger partial charge in [0.1, 0.15) is 0 Å². The summed E-state index contributed by atoms with van der Waals surface area (Å²) in [5.41, 5.74) is -0.902. The van der Waals surface area contributed by atoms with E-state index in [9.17, 15) is 13.2 Å². The minimum absolute atomic E-state index is 0.0858. The van der Waals surface area contributed by atoms with E-state index >= 15 is 0 Å². The van der Waals surface area contributed by atoms with Crippen molar-refractivity contribution in [2.24, 2.45) is 0 Å². The van der Waals surface area contributed by atoms with Crippen LogP contribution in [0.5, 0.6) is 5.88 Å². The molecule has 0 spiro atoms. The predicted octanol–water partition coefficient (Wildman–Crippen LogP) is 2.04. The van der Waals surface area contributed by atoms with Gasteiger partial charge in [0, 0.05) is 0 Å². The molecule has 2 heterocycles. The molecule has 0 amide bonds. The smallest absolute Gasteiger partial charge is 0.418 e. The van der Waals surface area contributed by atoms with Crippen LogP contribution in [0.2, 0.25) is 0 Å². The normalized spacial score (nSPS) is 11.2. The molecule has 0 atom stereocenters. The van der Waals surface area contributed by atoms with E-state index < -0.39 is 11.7 Å². The largest absolute Gasteiger partial charge is 0.480 e. The fourth-order valence-electron chi connectivity index (χ4n) is 1.22. The zero-order chi connectivity index (χ0) is 13.9. The van der Waals surface area contributed by atoms with Crippen molar-refractivity contribution in [2.75, 3.05) is 12.4 Å². The number of nitrogens with one attached hydrogen (secondary N) is 1. The number of nitrogens with zero attached hydrogens (tertiary/aromatic N) is 4. The predicted molar refractivity (Wildman–Crippen MR) is 58.9 cm³/mol. The van der Waals surface area contributed by atoms with Crippen LogP contribution in [-0.2, 0) is 6.18 Å². The maximum Gasteiger partial charge on any atom is 0.418 e. The summed E-state index contributed by atoms with van der Waals surface area (Å²) >= 11 is 0. The quantitative estimate of drug-likeness (QED) is 0.920. The van der Waals surface area contributed by atoms with E-state index in [1.165, 1.54) is 19.5 Å². The van der Waals surface area contributed by atoms with Crippen molar-refractivity contribution < 1.29 is 17.9 Å². The lowest BCUT2D eigenvalue weighted by atomic mass is 10.3. The van der Waals surface area contributed by atoms with Gasteiger partial charge in [0.15, 0.2) is 11.6 Å². The summed E-state index contributed by atoms with van der Waals surface area (Å²) in [5.74, 6) is 0.343. The number of anilines is 2. The van der Waals surface area contributed by atoms with Gasteiger partial charge in [-0.05, 0) is 6.07 Å². The van der Waals surface area contributed by atoms with Crippen LogP contribution in [0.3, 0.4) is 0 Å². The second-order valence-electron chi connectivity index (χ2n) is 3.40. The van der Waals surface area contributed by atoms with Crippen molar-refractivity contribution in [1.82, 2.24) is 20.2 Å². The average Bonchev–Trinajstić information content (AvgIpc) is 2.38. The van der Waals surface area contributed by atoms with Gasteiger partial charge in [-0.25, -0.2) is 0 Å². The van der Waals surface area contributed by atoms with Gasteiger partial charge in [-0.15, -0.1) is 5.10 Å². The molecule has 19 heavy (non-hydrogen) atoms. The molecule has 9 heteroatoms. The van der Waals surface area contributed by atoms with E-state index in [4.69, 9.17) is 4.74 Å². The van der Waals surface area contributed by atoms with E-state index in [-0.39, 0.29) is 17.5 Å². The third-order valence-electron chi connectivity index (χ3n) is 2.06. The van der Waals surface area contributed by atoms with E-state index in [0.717, 1.165) is 6.07 Å². The number of aromatic nitrogens is 4. The fourth-order valence-corrected chi connectivity index (χ4v) is 1.22. The monoisotopic (exact) mass is 271 g/mol. The van der Waals surface area contributed by atoms with Crippen molar-refractivity contribution in [3.05, 3.63) is 30.2 Å². The van der Waals surface area contributed by atoms with Crippen LogP contribution >= 0.6 is 0 Å². The van der Waals surface area contributed by atoms with Gasteiger partial charge in [-0.3, -0.25) is 4.98 Å². The molecular weight excluding hydrogens is 263 g/mol. The van der Waals surface area contributed by atoms with E-state index in [1.54, 1.807) is 0 Å². The number of hydrogen-bond acceptors (Lipinski definition) is 6. The molecule has 2 aromatic heterocycles. The van der Waals surface area contributed by atoms with Crippen LogP contribution in [-0.4, -0.2) is 27.3 Å². The van der Waals surface area contributed by atoms with Gasteiger partial charge in [0.25, 0.3) is 0 Å². The third-order valence-corrected chi connectivity index (χ3v) is 2.06. The highest BCUT2D eigenvalue weighted by atomic mass is 19.4. The Kier molecular flexibility index (Phi) is 3.45. The Morgan fingerprint density at radius 3 is 2.63 bits per heavy atom. The molecule has 6 nitrogen and oxygen atoms in total. The lowest BCUT2D eigenvalue weighted by molar-refractivity contribution is -0.137. The second kappa shape index (κ2) is 5.04. The molecule has 0 saturated heterocycles. The van der Waals surface area contributed by atoms with Gasteiger partial charge in [-0.2, -0.15) is 23.3 Å². The molecule has 100 valence electrons. The van der Waals surface area contributed by atoms with Crippen LogP contribution in [0.1, 0.15) is 5.56 Å². The Bertz CT molecular complexity index is 575. The summed E-state index contributed by atoms with van der Waals surface area (Å²) in [6, 6.07) is 0.828. The summed E-state index contributed by atoms with van der Waals surface area (Å²) in [7, 11) is 1.40. The van der Waals surface area contributed by atoms with Gasteiger partial charge in [0.05, 0.1) is 31.3 Å². The summed E-state index contributed by atoms with van der Waals surface area (Å²) in [5, 5.41) is 9.38. The Hall–Kier alpha value is -2.45. The molecule has 0 aliphatic carbocycles. The van der Waals surface area contributed by atoms with Crippen molar-refractivity contribution in [3.8, 4) is 5.88 Å². The van der Waals surface area contributed by atoms with Crippen molar-refractivity contribution in [3.63, 3.8) is 0 Å². The SMILES string of the molecule is COc1cncc(Nc2cc(C(F)(F)F)cnn2)n1. The number of halogens is 3. The maximum absolute atomic E-state index is 12.5. The molecule has 2 aromatic rings. The number of ether oxygens (including phenoxy) is 1. The highest BCUT2D eigenvalue weighted by Crippen LogP contribution is 2.29. The van der Waals surface area contributed by atoms with Crippen molar-refractivity contribution >= 4 is 11.6 Å². The van der Waals surface area contributed by atoms with Gasteiger partial charge in [-0.1, -0.05) is 0 Å². The molecular formula is C10H8F3N5O. The van der Waals surface area contributed by atoms with Gasteiger partial charge >= 0.3 is 6.18 Å². The van der Waals surface area contributed by atoms with Crippen LogP contribution in [0.4, 0.5) is 24.8 Å². The van der Waals surface area contributed by atoms with Crippen LogP contribution < -0.4 is 10.1 Å². The van der Waals surface area contributed by atoms with E-state index in [1.807, 2.05) is 0 Å². The molecule has 0 aliphatic rings. The van der Waals surface area contributed by atoms with E-state index in [2.05, 4.69) is 25.5 Å². The molecule has 2 rings (SSSR count). The number of methoxy groups -OCH3 is 1. The number of hydrogen-bond donors (Lipinski definition) is 1. The minimum Gasteiger partial charge on any atom is -0.480 e. The Labute approximate surface area is 105 Å². The molecule has 0 radical (unpaired) electrons. The highest BCUT2D eigenvalue weighted by Gasteiger charge is 2.31. The molecule has 0 unspecified atom stereocenters. The summed E-state index contributed by atoms with van der Waals surface area (Å²) < 4.78 is 42.3. The Morgan fingerprint density at radius 1 is 1.16 bits per heavy atom. The molecule has 0 saturated carbocycles. The summed E-state index contributed by atoms with van der Waals surface area (Å²) in [4.78, 5) is 7.74. The average molecular weight is 271 g/mol. The molecule has 0 bridgehead atoms. The zero-order valence-electron chi connectivity index (χ0n) is 9.64. The van der Waals surface area contributed by atoms with Crippen LogP contribution in [0.25, 0.3) is 0 Å². The minimum atomic E-state index is -4.48. The highest BCUT2D eigenvalue weighted by molar-refractivity contribution is 5.51. The number of alkyl halides is 3. The first-order valence-corrected chi connectivity index (χ1v) is 5.02. The molecule has 1 N–H and O–H groups in total. The fraction of sp³-hybridized carbons (Fsp3) is 0.200. The lowest BCUT2D eigenvalue weighted by Gasteiger charge is -2.08. The summed E-state index contributed by atoms with van der Waals surface area (Å²) in [6.45, 7) is 0. The standard InChI is InChI=1S/C10H8F3N5O/c1-19-9-5-14-4-8(17-9)16-7-2-6(3-15-18-7)10(11,12)13/h2-5H,1H3,(H,16,17,18). The Morgan fingerprint density at radius 2 is 1.95 bits per heavy atom. The van der Waals surface area contributed by atoms with Crippen LogP contribution in [0.15, 0.2) is 24.7 Å². The van der Waals surface area contributed by atoms with Crippen LogP contribution in [0, 0.1) is 0 Å².